The van der Waals surface area contributed by atoms with Crippen molar-refractivity contribution in [2.75, 3.05) is 31.1 Å². The number of halogens is 1. The van der Waals surface area contributed by atoms with Gasteiger partial charge in [0.15, 0.2) is 5.13 Å². The highest BCUT2D eigenvalue weighted by molar-refractivity contribution is 9.10. The standard InChI is InChI=1S/C20H17BrN4O2S2/c21-17-6-3-5-15(12-17)18-14-28-20(23-18)24-8-10-25(11-9-24)29(26,27)19-7-2-1-4-16(19)13-22/h1-7,12,14H,8-11H2. The molecule has 0 atom stereocenters. The van der Waals surface area contributed by atoms with Crippen molar-refractivity contribution in [2.24, 2.45) is 0 Å². The molecule has 0 saturated carbocycles. The van der Waals surface area contributed by atoms with Gasteiger partial charge >= 0.3 is 0 Å². The molecule has 0 N–H and O–H groups in total. The van der Waals surface area contributed by atoms with Gasteiger partial charge in [0.05, 0.1) is 16.2 Å². The van der Waals surface area contributed by atoms with Gasteiger partial charge in [0.2, 0.25) is 10.0 Å². The van der Waals surface area contributed by atoms with Gasteiger partial charge in [-0.1, -0.05) is 40.2 Å². The van der Waals surface area contributed by atoms with Gasteiger partial charge in [0, 0.05) is 41.6 Å². The van der Waals surface area contributed by atoms with Crippen molar-refractivity contribution in [3.05, 3.63) is 63.9 Å². The fourth-order valence-electron chi connectivity index (χ4n) is 3.23. The van der Waals surface area contributed by atoms with Crippen LogP contribution in [-0.2, 0) is 10.0 Å². The van der Waals surface area contributed by atoms with Crippen molar-refractivity contribution in [1.82, 2.24) is 9.29 Å². The second-order valence-corrected chi connectivity index (χ2v) is 10.2. The van der Waals surface area contributed by atoms with Gasteiger partial charge in [-0.05, 0) is 24.3 Å². The molecule has 0 spiro atoms. The fraction of sp³-hybridized carbons (Fsp3) is 0.200. The Bertz CT molecular complexity index is 1180. The van der Waals surface area contributed by atoms with Crippen LogP contribution in [0.1, 0.15) is 5.56 Å². The minimum atomic E-state index is -3.69. The number of hydrogen-bond acceptors (Lipinski definition) is 6. The molecule has 2 aromatic carbocycles. The summed E-state index contributed by atoms with van der Waals surface area (Å²) < 4.78 is 28.4. The number of anilines is 1. The van der Waals surface area contributed by atoms with Gasteiger partial charge in [-0.15, -0.1) is 11.3 Å². The van der Waals surface area contributed by atoms with Crippen molar-refractivity contribution in [1.29, 1.82) is 5.26 Å². The van der Waals surface area contributed by atoms with E-state index in [9.17, 15) is 13.7 Å². The molecule has 0 radical (unpaired) electrons. The third-order valence-electron chi connectivity index (χ3n) is 4.75. The Morgan fingerprint density at radius 3 is 2.55 bits per heavy atom. The van der Waals surface area contributed by atoms with Crippen LogP contribution >= 0.6 is 27.3 Å². The van der Waals surface area contributed by atoms with E-state index in [4.69, 9.17) is 4.98 Å². The predicted molar refractivity (Wildman–Crippen MR) is 117 cm³/mol. The predicted octanol–water partition coefficient (Wildman–Crippen LogP) is 3.96. The monoisotopic (exact) mass is 488 g/mol. The van der Waals surface area contributed by atoms with E-state index >= 15 is 0 Å². The Labute approximate surface area is 182 Å². The molecule has 1 fully saturated rings. The smallest absolute Gasteiger partial charge is 0.244 e. The second-order valence-electron chi connectivity index (χ2n) is 6.52. The average Bonchev–Trinajstić information content (AvgIpc) is 3.24. The van der Waals surface area contributed by atoms with Crippen LogP contribution in [0, 0.1) is 11.3 Å². The molecule has 0 aliphatic carbocycles. The summed E-state index contributed by atoms with van der Waals surface area (Å²) in [6, 6.07) is 16.3. The third-order valence-corrected chi connectivity index (χ3v) is 8.10. The zero-order chi connectivity index (χ0) is 20.4. The quantitative estimate of drug-likeness (QED) is 0.555. The van der Waals surface area contributed by atoms with Crippen LogP contribution in [0.25, 0.3) is 11.3 Å². The summed E-state index contributed by atoms with van der Waals surface area (Å²) in [5.41, 5.74) is 2.12. The minimum Gasteiger partial charge on any atom is -0.345 e. The summed E-state index contributed by atoms with van der Waals surface area (Å²) in [7, 11) is -3.69. The van der Waals surface area contributed by atoms with E-state index in [1.807, 2.05) is 35.7 Å². The highest BCUT2D eigenvalue weighted by Gasteiger charge is 2.31. The van der Waals surface area contributed by atoms with E-state index in [1.54, 1.807) is 23.5 Å². The summed E-state index contributed by atoms with van der Waals surface area (Å²) in [5, 5.41) is 12.1. The van der Waals surface area contributed by atoms with Crippen LogP contribution in [0.5, 0.6) is 0 Å². The molecule has 0 unspecified atom stereocenters. The molecule has 3 aromatic rings. The van der Waals surface area contributed by atoms with Crippen molar-refractivity contribution >= 4 is 42.4 Å². The van der Waals surface area contributed by atoms with E-state index in [0.29, 0.717) is 26.2 Å². The second kappa shape index (κ2) is 8.24. The first kappa shape index (κ1) is 20.0. The zero-order valence-corrected chi connectivity index (χ0v) is 18.5. The molecular formula is C20H17BrN4O2S2. The maximum atomic E-state index is 13.0. The van der Waals surface area contributed by atoms with Crippen LogP contribution in [0.15, 0.2) is 63.3 Å². The van der Waals surface area contributed by atoms with E-state index in [0.717, 1.165) is 20.9 Å². The Morgan fingerprint density at radius 2 is 1.83 bits per heavy atom. The van der Waals surface area contributed by atoms with E-state index in [1.165, 1.54) is 16.4 Å². The fourth-order valence-corrected chi connectivity index (χ4v) is 6.08. The lowest BCUT2D eigenvalue weighted by Crippen LogP contribution is -2.48. The Kier molecular flexibility index (Phi) is 5.69. The van der Waals surface area contributed by atoms with E-state index < -0.39 is 10.0 Å². The molecule has 29 heavy (non-hydrogen) atoms. The summed E-state index contributed by atoms with van der Waals surface area (Å²) >= 11 is 5.04. The number of benzene rings is 2. The maximum absolute atomic E-state index is 13.0. The molecule has 9 heteroatoms. The van der Waals surface area contributed by atoms with Gasteiger partial charge < -0.3 is 4.90 Å². The van der Waals surface area contributed by atoms with Crippen molar-refractivity contribution in [3.8, 4) is 17.3 Å². The normalized spacial score (nSPS) is 15.2. The number of aromatic nitrogens is 1. The Morgan fingerprint density at radius 1 is 1.07 bits per heavy atom. The van der Waals surface area contributed by atoms with Gasteiger partial charge in [-0.25, -0.2) is 13.4 Å². The third kappa shape index (κ3) is 4.07. The average molecular weight is 489 g/mol. The molecule has 0 amide bonds. The first-order valence-electron chi connectivity index (χ1n) is 8.95. The van der Waals surface area contributed by atoms with Crippen molar-refractivity contribution < 1.29 is 8.42 Å². The number of sulfonamides is 1. The topological polar surface area (TPSA) is 77.3 Å². The van der Waals surface area contributed by atoms with Crippen LogP contribution in [0.4, 0.5) is 5.13 Å². The van der Waals surface area contributed by atoms with Crippen molar-refractivity contribution in [2.45, 2.75) is 4.90 Å². The number of nitriles is 1. The highest BCUT2D eigenvalue weighted by Crippen LogP contribution is 2.30. The van der Waals surface area contributed by atoms with Gasteiger partial charge in [0.1, 0.15) is 6.07 Å². The van der Waals surface area contributed by atoms with Crippen molar-refractivity contribution in [3.63, 3.8) is 0 Å². The summed E-state index contributed by atoms with van der Waals surface area (Å²) in [5.74, 6) is 0. The summed E-state index contributed by atoms with van der Waals surface area (Å²) in [6.07, 6.45) is 0. The van der Waals surface area contributed by atoms with Crippen LogP contribution in [-0.4, -0.2) is 43.9 Å². The molecule has 0 bridgehead atoms. The highest BCUT2D eigenvalue weighted by atomic mass is 79.9. The molecule has 4 rings (SSSR count). The lowest BCUT2D eigenvalue weighted by atomic mass is 10.2. The summed E-state index contributed by atoms with van der Waals surface area (Å²) in [6.45, 7) is 1.82. The molecule has 1 aromatic heterocycles. The molecular weight excluding hydrogens is 472 g/mol. The molecule has 1 aliphatic rings. The van der Waals surface area contributed by atoms with E-state index in [-0.39, 0.29) is 10.5 Å². The Balaban J connectivity index is 1.48. The van der Waals surface area contributed by atoms with Crippen LogP contribution in [0.2, 0.25) is 0 Å². The zero-order valence-electron chi connectivity index (χ0n) is 15.3. The Hall–Kier alpha value is -2.25. The SMILES string of the molecule is N#Cc1ccccc1S(=O)(=O)N1CCN(c2nc(-c3cccc(Br)c3)cs2)CC1. The molecule has 6 nitrogen and oxygen atoms in total. The largest absolute Gasteiger partial charge is 0.345 e. The van der Waals surface area contributed by atoms with Gasteiger partial charge in [-0.3, -0.25) is 0 Å². The van der Waals surface area contributed by atoms with Crippen LogP contribution in [0.3, 0.4) is 0 Å². The van der Waals surface area contributed by atoms with Gasteiger partial charge in [-0.2, -0.15) is 9.57 Å². The first-order valence-corrected chi connectivity index (χ1v) is 12.1. The first-order chi connectivity index (χ1) is 14.0. The number of piperazine rings is 1. The number of rotatable bonds is 4. The number of nitrogens with zero attached hydrogens (tertiary/aromatic N) is 4. The molecule has 1 saturated heterocycles. The van der Waals surface area contributed by atoms with Crippen LogP contribution < -0.4 is 4.90 Å². The molecule has 2 heterocycles. The molecule has 148 valence electrons. The lowest BCUT2D eigenvalue weighted by molar-refractivity contribution is 0.384. The van der Waals surface area contributed by atoms with E-state index in [2.05, 4.69) is 20.8 Å². The number of hydrogen-bond donors (Lipinski definition) is 0. The minimum absolute atomic E-state index is 0.0714. The summed E-state index contributed by atoms with van der Waals surface area (Å²) in [4.78, 5) is 6.91. The van der Waals surface area contributed by atoms with Gasteiger partial charge in [0.25, 0.3) is 0 Å². The lowest BCUT2D eigenvalue weighted by Gasteiger charge is -2.33. The number of thiazole rings is 1. The maximum Gasteiger partial charge on any atom is 0.244 e. The molecule has 1 aliphatic heterocycles.